The highest BCUT2D eigenvalue weighted by atomic mass is 35.5. The van der Waals surface area contributed by atoms with Crippen molar-refractivity contribution in [3.63, 3.8) is 0 Å². The molecule has 0 spiro atoms. The van der Waals surface area contributed by atoms with E-state index in [1.807, 2.05) is 12.1 Å². The Morgan fingerprint density at radius 1 is 1.12 bits per heavy atom. The van der Waals surface area contributed by atoms with Crippen molar-refractivity contribution in [3.05, 3.63) is 52.5 Å². The Balaban J connectivity index is 1.53. The molecule has 0 aliphatic carbocycles. The number of halogens is 4. The molecule has 26 heavy (non-hydrogen) atoms. The van der Waals surface area contributed by atoms with E-state index in [4.69, 9.17) is 21.1 Å². The third-order valence-electron chi connectivity index (χ3n) is 3.67. The zero-order valence-corrected chi connectivity index (χ0v) is 14.1. The van der Waals surface area contributed by atoms with Crippen LogP contribution in [-0.4, -0.2) is 19.4 Å². The molecule has 5 nitrogen and oxygen atoms in total. The highest BCUT2D eigenvalue weighted by molar-refractivity contribution is 6.31. The van der Waals surface area contributed by atoms with Gasteiger partial charge in [-0.25, -0.2) is 4.79 Å². The number of alkyl halides is 3. The molecule has 0 unspecified atom stereocenters. The van der Waals surface area contributed by atoms with E-state index in [0.29, 0.717) is 24.5 Å². The van der Waals surface area contributed by atoms with Crippen LogP contribution in [0, 0.1) is 0 Å². The van der Waals surface area contributed by atoms with Gasteiger partial charge in [0.15, 0.2) is 11.5 Å². The van der Waals surface area contributed by atoms with E-state index in [1.54, 1.807) is 6.07 Å². The van der Waals surface area contributed by atoms with Crippen LogP contribution >= 0.6 is 11.6 Å². The molecular weight excluding hydrogens is 373 g/mol. The molecule has 2 aromatic rings. The number of anilines is 1. The van der Waals surface area contributed by atoms with Crippen LogP contribution in [0.4, 0.5) is 23.7 Å². The van der Waals surface area contributed by atoms with Crippen LogP contribution in [0.3, 0.4) is 0 Å². The van der Waals surface area contributed by atoms with Crippen molar-refractivity contribution >= 4 is 23.3 Å². The fourth-order valence-electron chi connectivity index (χ4n) is 2.41. The molecule has 1 aliphatic heterocycles. The highest BCUT2D eigenvalue weighted by Gasteiger charge is 2.33. The second kappa shape index (κ2) is 7.33. The van der Waals surface area contributed by atoms with Gasteiger partial charge in [0.1, 0.15) is 0 Å². The zero-order chi connectivity index (χ0) is 18.7. The van der Waals surface area contributed by atoms with Crippen molar-refractivity contribution < 1.29 is 27.4 Å². The predicted molar refractivity (Wildman–Crippen MR) is 89.7 cm³/mol. The van der Waals surface area contributed by atoms with Crippen LogP contribution in [0.25, 0.3) is 0 Å². The third kappa shape index (κ3) is 4.32. The van der Waals surface area contributed by atoms with Gasteiger partial charge < -0.3 is 20.1 Å². The van der Waals surface area contributed by atoms with Crippen molar-refractivity contribution in [2.75, 3.05) is 18.7 Å². The number of carbonyl (C=O) groups excluding carboxylic acids is 1. The summed E-state index contributed by atoms with van der Waals surface area (Å²) in [7, 11) is 0. The molecule has 138 valence electrons. The Morgan fingerprint density at radius 2 is 1.88 bits per heavy atom. The molecule has 0 saturated carbocycles. The SMILES string of the molecule is O=C(NCCc1ccc2c(c1)OCO2)Nc1ccc(Cl)c(C(F)(F)F)c1. The molecule has 2 aromatic carbocycles. The first-order chi connectivity index (χ1) is 12.3. The number of hydrogen-bond acceptors (Lipinski definition) is 3. The van der Waals surface area contributed by atoms with Gasteiger partial charge in [-0.1, -0.05) is 17.7 Å². The first-order valence-electron chi connectivity index (χ1n) is 7.63. The minimum Gasteiger partial charge on any atom is -0.454 e. The molecule has 0 fully saturated rings. The normalized spacial score (nSPS) is 12.8. The smallest absolute Gasteiger partial charge is 0.417 e. The Labute approximate surface area is 152 Å². The Bertz CT molecular complexity index is 827. The summed E-state index contributed by atoms with van der Waals surface area (Å²) in [4.78, 5) is 11.9. The van der Waals surface area contributed by atoms with Crippen LogP contribution in [0.5, 0.6) is 11.5 Å². The van der Waals surface area contributed by atoms with Crippen LogP contribution in [0.1, 0.15) is 11.1 Å². The van der Waals surface area contributed by atoms with Gasteiger partial charge in [-0.2, -0.15) is 13.2 Å². The van der Waals surface area contributed by atoms with E-state index in [2.05, 4.69) is 10.6 Å². The lowest BCUT2D eigenvalue weighted by atomic mass is 10.1. The Hall–Kier alpha value is -2.61. The summed E-state index contributed by atoms with van der Waals surface area (Å²) in [5.74, 6) is 1.32. The molecule has 0 bridgehead atoms. The molecule has 9 heteroatoms. The lowest BCUT2D eigenvalue weighted by Crippen LogP contribution is -2.30. The van der Waals surface area contributed by atoms with E-state index < -0.39 is 22.8 Å². The van der Waals surface area contributed by atoms with Crippen molar-refractivity contribution in [2.45, 2.75) is 12.6 Å². The number of fused-ring (bicyclic) bond motifs is 1. The summed E-state index contributed by atoms with van der Waals surface area (Å²) < 4.78 is 48.9. The minimum absolute atomic E-state index is 0.00213. The largest absolute Gasteiger partial charge is 0.454 e. The van der Waals surface area contributed by atoms with E-state index in [0.717, 1.165) is 17.7 Å². The molecule has 2 N–H and O–H groups in total. The summed E-state index contributed by atoms with van der Waals surface area (Å²) in [5, 5.41) is 4.52. The molecule has 0 radical (unpaired) electrons. The van der Waals surface area contributed by atoms with Crippen molar-refractivity contribution in [2.24, 2.45) is 0 Å². The van der Waals surface area contributed by atoms with Gasteiger partial charge in [0.2, 0.25) is 6.79 Å². The number of carbonyl (C=O) groups is 1. The van der Waals surface area contributed by atoms with Gasteiger partial charge in [0.25, 0.3) is 0 Å². The van der Waals surface area contributed by atoms with E-state index in [-0.39, 0.29) is 12.5 Å². The maximum atomic E-state index is 12.8. The van der Waals surface area contributed by atoms with Crippen molar-refractivity contribution in [1.29, 1.82) is 0 Å². The second-order valence-electron chi connectivity index (χ2n) is 5.51. The molecular formula is C17H14ClF3N2O3. The quantitative estimate of drug-likeness (QED) is 0.816. The molecule has 1 heterocycles. The average molecular weight is 387 g/mol. The lowest BCUT2D eigenvalue weighted by Gasteiger charge is -2.12. The first-order valence-corrected chi connectivity index (χ1v) is 8.01. The number of rotatable bonds is 4. The number of benzene rings is 2. The summed E-state index contributed by atoms with van der Waals surface area (Å²) in [5.41, 5.74) is -0.0694. The molecule has 0 saturated heterocycles. The maximum absolute atomic E-state index is 12.8. The highest BCUT2D eigenvalue weighted by Crippen LogP contribution is 2.36. The standard InChI is InChI=1S/C17H14ClF3N2O3/c18-13-3-2-11(8-12(13)17(19,20)21)23-16(24)22-6-5-10-1-4-14-15(7-10)26-9-25-14/h1-4,7-8H,5-6,9H2,(H2,22,23,24). The summed E-state index contributed by atoms with van der Waals surface area (Å²) in [6.45, 7) is 0.478. The fraction of sp³-hybridized carbons (Fsp3) is 0.235. The average Bonchev–Trinajstić information content (AvgIpc) is 3.03. The van der Waals surface area contributed by atoms with Gasteiger partial charge in [0, 0.05) is 12.2 Å². The monoisotopic (exact) mass is 386 g/mol. The van der Waals surface area contributed by atoms with Gasteiger partial charge in [-0.15, -0.1) is 0 Å². The fourth-order valence-corrected chi connectivity index (χ4v) is 2.64. The van der Waals surface area contributed by atoms with Crippen LogP contribution in [0.15, 0.2) is 36.4 Å². The molecule has 0 atom stereocenters. The molecule has 0 aromatic heterocycles. The summed E-state index contributed by atoms with van der Waals surface area (Å²) in [6, 6.07) is 8.02. The van der Waals surface area contributed by atoms with Gasteiger partial charge >= 0.3 is 12.2 Å². The van der Waals surface area contributed by atoms with Gasteiger partial charge in [-0.05, 0) is 42.3 Å². The van der Waals surface area contributed by atoms with E-state index >= 15 is 0 Å². The Kier molecular flexibility index (Phi) is 5.13. The van der Waals surface area contributed by atoms with Crippen molar-refractivity contribution in [3.8, 4) is 11.5 Å². The minimum atomic E-state index is -4.59. The summed E-state index contributed by atoms with van der Waals surface area (Å²) in [6.07, 6.45) is -4.07. The molecule has 2 amide bonds. The van der Waals surface area contributed by atoms with E-state index in [9.17, 15) is 18.0 Å². The first kappa shape index (κ1) is 18.2. The van der Waals surface area contributed by atoms with E-state index in [1.165, 1.54) is 6.07 Å². The van der Waals surface area contributed by atoms with Crippen LogP contribution in [0.2, 0.25) is 5.02 Å². The Morgan fingerprint density at radius 3 is 2.65 bits per heavy atom. The predicted octanol–water partition coefficient (Wildman–Crippen LogP) is 4.45. The number of ether oxygens (including phenoxy) is 2. The van der Waals surface area contributed by atoms with Gasteiger partial charge in [0.05, 0.1) is 10.6 Å². The number of amides is 2. The number of urea groups is 1. The third-order valence-corrected chi connectivity index (χ3v) is 4.00. The number of nitrogens with one attached hydrogen (secondary N) is 2. The van der Waals surface area contributed by atoms with Crippen LogP contribution < -0.4 is 20.1 Å². The van der Waals surface area contributed by atoms with Gasteiger partial charge in [-0.3, -0.25) is 0 Å². The molecule has 3 rings (SSSR count). The maximum Gasteiger partial charge on any atom is 0.417 e. The van der Waals surface area contributed by atoms with Crippen molar-refractivity contribution in [1.82, 2.24) is 5.32 Å². The summed E-state index contributed by atoms with van der Waals surface area (Å²) >= 11 is 5.54. The topological polar surface area (TPSA) is 59.6 Å². The lowest BCUT2D eigenvalue weighted by molar-refractivity contribution is -0.137. The second-order valence-corrected chi connectivity index (χ2v) is 5.92. The zero-order valence-electron chi connectivity index (χ0n) is 13.3. The van der Waals surface area contributed by atoms with Crippen LogP contribution in [-0.2, 0) is 12.6 Å². The number of hydrogen-bond donors (Lipinski definition) is 2. The molecule has 1 aliphatic rings.